The summed E-state index contributed by atoms with van der Waals surface area (Å²) >= 11 is 0. The molecule has 198 valence electrons. The maximum atomic E-state index is 7.20. The Morgan fingerprint density at radius 3 is 0.848 bits per heavy atom. The molecule has 0 aliphatic carbocycles. The Hall–Kier alpha value is 0.411. The van der Waals surface area contributed by atoms with E-state index in [2.05, 4.69) is 41.5 Å². The van der Waals surface area contributed by atoms with Crippen molar-refractivity contribution in [1.82, 2.24) is 0 Å². The highest BCUT2D eigenvalue weighted by Crippen LogP contribution is 2.43. The average molecular weight is 523 g/mol. The second-order valence-corrected chi connectivity index (χ2v) is 20.3. The van der Waals surface area contributed by atoms with Crippen LogP contribution in [0.4, 0.5) is 0 Å². The van der Waals surface area contributed by atoms with Crippen molar-refractivity contribution < 1.29 is 26.6 Å². The van der Waals surface area contributed by atoms with Crippen molar-refractivity contribution in [1.29, 1.82) is 0 Å². The first kappa shape index (κ1) is 31.4. The summed E-state index contributed by atoms with van der Waals surface area (Å²) in [6, 6.07) is 5.80. The summed E-state index contributed by atoms with van der Waals surface area (Å²) in [6.07, 6.45) is 6.35. The normalized spacial score (nSPS) is 27.8. The van der Waals surface area contributed by atoms with Gasteiger partial charge >= 0.3 is 25.7 Å². The van der Waals surface area contributed by atoms with E-state index in [9.17, 15) is 0 Å². The Morgan fingerprint density at radius 1 is 0.364 bits per heavy atom. The minimum atomic E-state index is -2.45. The van der Waals surface area contributed by atoms with Crippen LogP contribution in [-0.2, 0) is 26.6 Å². The maximum absolute atomic E-state index is 7.20. The first-order chi connectivity index (χ1) is 16.0. The van der Waals surface area contributed by atoms with E-state index >= 15 is 0 Å². The first-order valence-corrected chi connectivity index (χ1v) is 20.5. The molecule has 0 spiro atoms. The summed E-state index contributed by atoms with van der Waals surface area (Å²) in [6.45, 7) is 17.8. The van der Waals surface area contributed by atoms with Gasteiger partial charge in [0.15, 0.2) is 0 Å². The van der Waals surface area contributed by atoms with Gasteiger partial charge in [-0.25, -0.2) is 0 Å². The largest absolute Gasteiger partial charge is 0.415 e. The number of hydrogen-bond acceptors (Lipinski definition) is 6. The molecule has 0 bridgehead atoms. The van der Waals surface area contributed by atoms with Gasteiger partial charge in [-0.3, -0.25) is 0 Å². The molecule has 0 atom stereocenters. The highest BCUT2D eigenvalue weighted by atomic mass is 28.5. The van der Waals surface area contributed by atoms with Crippen molar-refractivity contribution in [3.63, 3.8) is 0 Å². The van der Waals surface area contributed by atoms with E-state index in [1.165, 1.54) is 0 Å². The molecular formula is C24H54O6Si3. The van der Waals surface area contributed by atoms with Crippen molar-refractivity contribution in [2.45, 2.75) is 116 Å². The summed E-state index contributed by atoms with van der Waals surface area (Å²) in [5, 5.41) is 0. The van der Waals surface area contributed by atoms with Gasteiger partial charge in [0, 0.05) is 57.8 Å². The molecule has 0 aromatic rings. The molecule has 1 heterocycles. The van der Waals surface area contributed by atoms with Crippen LogP contribution in [0, 0.1) is 0 Å². The minimum Gasteiger partial charge on any atom is -0.415 e. The Labute approximate surface area is 208 Å². The van der Waals surface area contributed by atoms with Crippen LogP contribution in [0.5, 0.6) is 0 Å². The zero-order valence-corrected chi connectivity index (χ0v) is 25.7. The summed E-state index contributed by atoms with van der Waals surface area (Å²) in [5.74, 6) is 0. The van der Waals surface area contributed by atoms with E-state index in [0.717, 1.165) is 114 Å². The Kier molecular flexibility index (Phi) is 16.9. The van der Waals surface area contributed by atoms with E-state index in [1.54, 1.807) is 0 Å². The highest BCUT2D eigenvalue weighted by molar-refractivity contribution is 6.94. The van der Waals surface area contributed by atoms with Gasteiger partial charge in [0.05, 0.1) is 0 Å². The van der Waals surface area contributed by atoms with Crippen LogP contribution >= 0.6 is 0 Å². The maximum Gasteiger partial charge on any atom is 0.322 e. The van der Waals surface area contributed by atoms with Gasteiger partial charge in [-0.05, 0) is 37.4 Å². The molecule has 9 heteroatoms. The quantitative estimate of drug-likeness (QED) is 0.121. The molecule has 0 N–H and O–H groups in total. The zero-order valence-electron chi connectivity index (χ0n) is 22.7. The zero-order chi connectivity index (χ0) is 24.5. The average Bonchev–Trinajstić information content (AvgIpc) is 2.78. The molecule has 0 aromatic heterocycles. The van der Waals surface area contributed by atoms with Crippen molar-refractivity contribution in [3.8, 4) is 0 Å². The molecule has 0 saturated carbocycles. The third-order valence-corrected chi connectivity index (χ3v) is 21.5. The molecule has 6 nitrogen and oxygen atoms in total. The van der Waals surface area contributed by atoms with Crippen LogP contribution in [0.2, 0.25) is 36.3 Å². The van der Waals surface area contributed by atoms with E-state index in [4.69, 9.17) is 26.6 Å². The van der Waals surface area contributed by atoms with Gasteiger partial charge in [0.2, 0.25) is 0 Å². The molecule has 0 amide bonds. The van der Waals surface area contributed by atoms with E-state index in [1.807, 2.05) is 0 Å². The van der Waals surface area contributed by atoms with Crippen molar-refractivity contribution in [3.05, 3.63) is 0 Å². The van der Waals surface area contributed by atoms with Gasteiger partial charge < -0.3 is 26.6 Å². The molecule has 0 radical (unpaired) electrons. The summed E-state index contributed by atoms with van der Waals surface area (Å²) in [4.78, 5) is 0. The summed E-state index contributed by atoms with van der Waals surface area (Å²) < 4.78 is 39.5. The standard InChI is InChI=1S/C24H54O6Si3/c1-7-13-25-16-22-31(19-10-4)28-32(20-11-5,23-17-26-14-8-2)30-33(29-31,21-12-6)24-18-27-15-9-3/h7-24H2,1-6H3. The first-order valence-electron chi connectivity index (χ1n) is 13.8. The van der Waals surface area contributed by atoms with E-state index in [-0.39, 0.29) is 0 Å². The van der Waals surface area contributed by atoms with Gasteiger partial charge in [0.25, 0.3) is 0 Å². The highest BCUT2D eigenvalue weighted by Gasteiger charge is 2.60. The van der Waals surface area contributed by atoms with Crippen LogP contribution in [0.15, 0.2) is 0 Å². The van der Waals surface area contributed by atoms with Crippen LogP contribution in [0.1, 0.15) is 80.1 Å². The minimum absolute atomic E-state index is 0.728. The fourth-order valence-corrected chi connectivity index (χ4v) is 23.7. The molecule has 1 saturated heterocycles. The number of rotatable bonds is 21. The SMILES string of the molecule is CCCOCC[Si]1(CCC)O[Si](CCC)(CCOCCC)O[Si](CCC)(CCOCCC)O1. The Morgan fingerprint density at radius 2 is 0.636 bits per heavy atom. The van der Waals surface area contributed by atoms with Crippen molar-refractivity contribution in [2.24, 2.45) is 0 Å². The lowest BCUT2D eigenvalue weighted by atomic mass is 10.5. The van der Waals surface area contributed by atoms with Gasteiger partial charge in [-0.2, -0.15) is 0 Å². The molecule has 1 aliphatic rings. The smallest absolute Gasteiger partial charge is 0.322 e. The third-order valence-electron chi connectivity index (χ3n) is 5.94. The van der Waals surface area contributed by atoms with Crippen molar-refractivity contribution in [2.75, 3.05) is 39.6 Å². The fraction of sp³-hybridized carbons (Fsp3) is 1.00. The van der Waals surface area contributed by atoms with Crippen molar-refractivity contribution >= 4 is 25.7 Å². The lowest BCUT2D eigenvalue weighted by molar-refractivity contribution is 0.119. The molecule has 1 fully saturated rings. The summed E-state index contributed by atoms with van der Waals surface area (Å²) in [5.41, 5.74) is 0. The molecule has 0 aromatic carbocycles. The molecule has 1 aliphatic heterocycles. The summed E-state index contributed by atoms with van der Waals surface area (Å²) in [7, 11) is -7.36. The predicted octanol–water partition coefficient (Wildman–Crippen LogP) is 6.89. The molecule has 33 heavy (non-hydrogen) atoms. The lowest BCUT2D eigenvalue weighted by Crippen LogP contribution is -2.70. The van der Waals surface area contributed by atoms with Crippen LogP contribution < -0.4 is 0 Å². The molecule has 0 unspecified atom stereocenters. The van der Waals surface area contributed by atoms with Crippen LogP contribution in [0.25, 0.3) is 0 Å². The fourth-order valence-electron chi connectivity index (χ4n) is 4.63. The Balaban J connectivity index is 3.25. The number of ether oxygens (including phenoxy) is 3. The monoisotopic (exact) mass is 522 g/mol. The van der Waals surface area contributed by atoms with Gasteiger partial charge in [-0.1, -0.05) is 60.8 Å². The van der Waals surface area contributed by atoms with E-state index in [0.29, 0.717) is 0 Å². The van der Waals surface area contributed by atoms with E-state index < -0.39 is 25.7 Å². The predicted molar refractivity (Wildman–Crippen MR) is 144 cm³/mol. The topological polar surface area (TPSA) is 55.4 Å². The van der Waals surface area contributed by atoms with Crippen LogP contribution in [-0.4, -0.2) is 65.3 Å². The Bertz CT molecular complexity index is 411. The van der Waals surface area contributed by atoms with Gasteiger partial charge in [0.1, 0.15) is 0 Å². The molecule has 1 rings (SSSR count). The second-order valence-electron chi connectivity index (χ2n) is 9.38. The second kappa shape index (κ2) is 17.8. The third kappa shape index (κ3) is 11.3. The van der Waals surface area contributed by atoms with Gasteiger partial charge in [-0.15, -0.1) is 0 Å². The number of hydrogen-bond donors (Lipinski definition) is 0. The van der Waals surface area contributed by atoms with Crippen LogP contribution in [0.3, 0.4) is 0 Å². The lowest BCUT2D eigenvalue weighted by Gasteiger charge is -2.54. The molecular weight excluding hydrogens is 469 g/mol.